The molecule has 0 saturated carbocycles. The summed E-state index contributed by atoms with van der Waals surface area (Å²) in [7, 11) is 1.31. The highest BCUT2D eigenvalue weighted by Gasteiger charge is 2.28. The second kappa shape index (κ2) is 13.3. The molecule has 2 heterocycles. The summed E-state index contributed by atoms with van der Waals surface area (Å²) in [5.74, 6) is -0.398. The van der Waals surface area contributed by atoms with E-state index in [1.165, 1.54) is 32.2 Å². The summed E-state index contributed by atoms with van der Waals surface area (Å²) < 4.78 is 20.4. The van der Waals surface area contributed by atoms with Gasteiger partial charge >= 0.3 is 5.97 Å². The molecule has 8 nitrogen and oxygen atoms in total. The van der Waals surface area contributed by atoms with Gasteiger partial charge in [-0.15, -0.1) is 0 Å². The van der Waals surface area contributed by atoms with Gasteiger partial charge in [-0.2, -0.15) is 0 Å². The molecule has 0 aliphatic carbocycles. The van der Waals surface area contributed by atoms with Crippen molar-refractivity contribution in [2.24, 2.45) is 4.99 Å². The van der Waals surface area contributed by atoms with Crippen molar-refractivity contribution < 1.29 is 18.7 Å². The number of aliphatic imine (C=N–C) groups is 1. The first-order valence-corrected chi connectivity index (χ1v) is 12.8. The number of carbonyl (C=O) groups excluding carboxylic acids is 2. The van der Waals surface area contributed by atoms with Crippen LogP contribution in [0.3, 0.4) is 0 Å². The minimum atomic E-state index is -0.709. The van der Waals surface area contributed by atoms with E-state index in [0.717, 1.165) is 0 Å². The van der Waals surface area contributed by atoms with Crippen molar-refractivity contribution in [1.29, 1.82) is 0 Å². The molecular formula is C30H34FN5O3. The standard InChI is InChI=1S/C28H28FN5O3.C2H6/c1-18(2)27-32-25(26(20-10-12-21(29)13-11-20)33(27)17-15-24(36)37-4)23-14-16-30-28(31-23)34(19(3)35)22-8-6-5-7-9-22;1-2/h5-18,28,31H,1-4H3;1-2H3/b17-15+;. The van der Waals surface area contributed by atoms with E-state index in [1.807, 2.05) is 58.0 Å². The molecule has 0 fully saturated rings. The lowest BCUT2D eigenvalue weighted by Gasteiger charge is -2.31. The molecule has 1 aliphatic rings. The van der Waals surface area contributed by atoms with Gasteiger partial charge in [0.25, 0.3) is 0 Å². The first-order chi connectivity index (χ1) is 18.8. The molecule has 2 aromatic carbocycles. The molecule has 1 aliphatic heterocycles. The maximum atomic E-state index is 13.8. The Bertz CT molecular complexity index is 1380. The second-order valence-corrected chi connectivity index (χ2v) is 8.66. The van der Waals surface area contributed by atoms with E-state index in [9.17, 15) is 14.0 Å². The maximum absolute atomic E-state index is 13.8. The van der Waals surface area contributed by atoms with Gasteiger partial charge in [0.05, 0.1) is 18.5 Å². The third-order valence-electron chi connectivity index (χ3n) is 5.76. The number of nitrogens with one attached hydrogen (secondary N) is 1. The first kappa shape index (κ1) is 29.0. The van der Waals surface area contributed by atoms with Crippen LogP contribution in [0.5, 0.6) is 0 Å². The van der Waals surface area contributed by atoms with Crippen molar-refractivity contribution in [2.75, 3.05) is 12.0 Å². The van der Waals surface area contributed by atoms with Crippen LogP contribution < -0.4 is 10.2 Å². The number of methoxy groups -OCH3 is 1. The Morgan fingerprint density at radius 3 is 2.36 bits per heavy atom. The zero-order chi connectivity index (χ0) is 28.5. The summed E-state index contributed by atoms with van der Waals surface area (Å²) in [6, 6.07) is 15.3. The molecule has 1 amide bonds. The monoisotopic (exact) mass is 531 g/mol. The van der Waals surface area contributed by atoms with E-state index in [2.05, 4.69) is 10.3 Å². The number of ether oxygens (including phenoxy) is 1. The molecule has 1 unspecified atom stereocenters. The number of benzene rings is 2. The van der Waals surface area contributed by atoms with Crippen LogP contribution in [0, 0.1) is 5.82 Å². The van der Waals surface area contributed by atoms with Gasteiger partial charge in [-0.3, -0.25) is 9.69 Å². The van der Waals surface area contributed by atoms with Crippen molar-refractivity contribution >= 4 is 35.7 Å². The number of para-hydroxylation sites is 1. The van der Waals surface area contributed by atoms with Crippen LogP contribution in [-0.4, -0.2) is 41.0 Å². The third kappa shape index (κ3) is 6.67. The van der Waals surface area contributed by atoms with Gasteiger partial charge in [0.1, 0.15) is 17.3 Å². The minimum Gasteiger partial charge on any atom is -0.466 e. The highest BCUT2D eigenvalue weighted by Crippen LogP contribution is 2.33. The number of imidazole rings is 1. The fourth-order valence-corrected chi connectivity index (χ4v) is 4.07. The molecule has 1 aromatic heterocycles. The third-order valence-corrected chi connectivity index (χ3v) is 5.76. The van der Waals surface area contributed by atoms with Gasteiger partial charge in [-0.1, -0.05) is 45.9 Å². The molecule has 1 atom stereocenters. The molecule has 0 radical (unpaired) electrons. The Morgan fingerprint density at radius 1 is 1.10 bits per heavy atom. The average Bonchev–Trinajstić information content (AvgIpc) is 3.34. The molecule has 39 heavy (non-hydrogen) atoms. The molecular weight excluding hydrogens is 497 g/mol. The summed E-state index contributed by atoms with van der Waals surface area (Å²) in [5, 5.41) is 3.33. The normalized spacial score (nSPS) is 14.4. The highest BCUT2D eigenvalue weighted by molar-refractivity contribution is 5.95. The number of rotatable bonds is 7. The van der Waals surface area contributed by atoms with Gasteiger partial charge in [0.15, 0.2) is 0 Å². The summed E-state index contributed by atoms with van der Waals surface area (Å²) in [5.41, 5.74) is 3.22. The maximum Gasteiger partial charge on any atom is 0.331 e. The minimum absolute atomic E-state index is 0.0121. The van der Waals surface area contributed by atoms with E-state index >= 15 is 0 Å². The van der Waals surface area contributed by atoms with Crippen molar-refractivity contribution in [1.82, 2.24) is 14.9 Å². The number of nitrogens with zero attached hydrogens (tertiary/aromatic N) is 4. The molecule has 0 spiro atoms. The summed E-state index contributed by atoms with van der Waals surface area (Å²) in [6.45, 7) is 9.46. The number of amides is 1. The molecule has 4 rings (SSSR count). The lowest BCUT2D eigenvalue weighted by molar-refractivity contribution is -0.134. The Morgan fingerprint density at radius 2 is 1.77 bits per heavy atom. The lowest BCUT2D eigenvalue weighted by atomic mass is 10.1. The van der Waals surface area contributed by atoms with Gasteiger partial charge in [-0.05, 0) is 42.5 Å². The molecule has 0 bridgehead atoms. The summed E-state index contributed by atoms with van der Waals surface area (Å²) >= 11 is 0. The van der Waals surface area contributed by atoms with E-state index < -0.39 is 12.3 Å². The van der Waals surface area contributed by atoms with E-state index in [1.54, 1.807) is 40.1 Å². The van der Waals surface area contributed by atoms with Crippen LogP contribution in [0.25, 0.3) is 23.2 Å². The first-order valence-electron chi connectivity index (χ1n) is 12.8. The van der Waals surface area contributed by atoms with Crippen molar-refractivity contribution in [3.05, 3.63) is 84.1 Å². The van der Waals surface area contributed by atoms with Gasteiger partial charge < -0.3 is 14.6 Å². The average molecular weight is 532 g/mol. The molecule has 9 heteroatoms. The number of allylic oxidation sites excluding steroid dienone is 1. The molecule has 1 N–H and O–H groups in total. The largest absolute Gasteiger partial charge is 0.466 e. The number of aromatic nitrogens is 2. The van der Waals surface area contributed by atoms with Crippen LogP contribution in [0.2, 0.25) is 0 Å². The number of esters is 1. The van der Waals surface area contributed by atoms with Crippen LogP contribution >= 0.6 is 0 Å². The lowest BCUT2D eigenvalue weighted by Crippen LogP contribution is -2.47. The zero-order valence-electron chi connectivity index (χ0n) is 23.1. The SMILES string of the molecule is CC.COC(=O)/C=C/n1c(C(C)C)nc(C2=CC=NC(N(C(C)=O)c3ccccc3)N2)c1-c1ccc(F)cc1. The number of anilines is 1. The van der Waals surface area contributed by atoms with Gasteiger partial charge in [0.2, 0.25) is 12.2 Å². The van der Waals surface area contributed by atoms with E-state index in [-0.39, 0.29) is 17.6 Å². The van der Waals surface area contributed by atoms with Crippen molar-refractivity contribution in [2.45, 2.75) is 46.8 Å². The highest BCUT2D eigenvalue weighted by atomic mass is 19.1. The number of hydrogen-bond acceptors (Lipinski definition) is 6. The predicted molar refractivity (Wildman–Crippen MR) is 153 cm³/mol. The molecule has 3 aromatic rings. The Labute approximate surface area is 228 Å². The summed E-state index contributed by atoms with van der Waals surface area (Å²) in [6.07, 6.45) is 5.59. The quantitative estimate of drug-likeness (QED) is 0.306. The van der Waals surface area contributed by atoms with Crippen molar-refractivity contribution in [3.8, 4) is 11.3 Å². The van der Waals surface area contributed by atoms with E-state index in [0.29, 0.717) is 34.2 Å². The second-order valence-electron chi connectivity index (χ2n) is 8.66. The van der Waals surface area contributed by atoms with E-state index in [4.69, 9.17) is 9.72 Å². The zero-order valence-corrected chi connectivity index (χ0v) is 23.1. The number of hydrogen-bond donors (Lipinski definition) is 1. The number of carbonyl (C=O) groups is 2. The van der Waals surface area contributed by atoms with Crippen LogP contribution in [0.1, 0.15) is 52.1 Å². The summed E-state index contributed by atoms with van der Waals surface area (Å²) in [4.78, 5) is 35.5. The van der Waals surface area contributed by atoms with Crippen LogP contribution in [0.15, 0.2) is 71.7 Å². The van der Waals surface area contributed by atoms with Crippen molar-refractivity contribution in [3.63, 3.8) is 0 Å². The fourth-order valence-electron chi connectivity index (χ4n) is 4.07. The smallest absolute Gasteiger partial charge is 0.331 e. The van der Waals surface area contributed by atoms with Crippen LogP contribution in [0.4, 0.5) is 10.1 Å². The Balaban J connectivity index is 0.00000205. The Kier molecular flexibility index (Phi) is 9.92. The molecule has 204 valence electrons. The van der Waals surface area contributed by atoms with Gasteiger partial charge in [0, 0.05) is 42.6 Å². The fraction of sp³-hybridized carbons (Fsp3) is 0.267. The predicted octanol–water partition coefficient (Wildman–Crippen LogP) is 5.83. The topological polar surface area (TPSA) is 88.8 Å². The Hall–Kier alpha value is -4.53. The number of halogens is 1. The van der Waals surface area contributed by atoms with Crippen LogP contribution in [-0.2, 0) is 14.3 Å². The molecule has 0 saturated heterocycles. The van der Waals surface area contributed by atoms with Gasteiger partial charge in [-0.25, -0.2) is 19.2 Å².